The number of nitrogens with one attached hydrogen (secondary N) is 1. The molecule has 1 N–H and O–H groups in total. The standard InChI is InChI=1S/C26H26N6O/c33-26(28-25(20-9-3-1-4-10-20)21-11-5-2-6-12-21)22-13-7-17-31(19-22)23-14-15-24(30-29-23)32-18-8-16-27-32/h1-6,8-12,14-16,18,22,25H,7,13,17,19H2,(H,28,33). The lowest BCUT2D eigenvalue weighted by Crippen LogP contribution is -2.44. The average molecular weight is 439 g/mol. The van der Waals surface area contributed by atoms with Crippen LogP contribution in [0.2, 0.25) is 0 Å². The molecular weight excluding hydrogens is 412 g/mol. The number of aromatic nitrogens is 4. The molecule has 33 heavy (non-hydrogen) atoms. The fourth-order valence-corrected chi connectivity index (χ4v) is 4.32. The summed E-state index contributed by atoms with van der Waals surface area (Å²) in [7, 11) is 0. The Kier molecular flexibility index (Phi) is 6.10. The lowest BCUT2D eigenvalue weighted by Gasteiger charge is -2.33. The smallest absolute Gasteiger partial charge is 0.225 e. The number of rotatable bonds is 6. The quantitative estimate of drug-likeness (QED) is 0.496. The third-order valence-electron chi connectivity index (χ3n) is 6.04. The second-order valence-corrected chi connectivity index (χ2v) is 8.25. The molecule has 7 nitrogen and oxygen atoms in total. The number of hydrogen-bond acceptors (Lipinski definition) is 5. The maximum absolute atomic E-state index is 13.4. The number of carbonyl (C=O) groups is 1. The summed E-state index contributed by atoms with van der Waals surface area (Å²) in [6.07, 6.45) is 5.34. The van der Waals surface area contributed by atoms with E-state index in [0.717, 1.165) is 36.3 Å². The van der Waals surface area contributed by atoms with Gasteiger partial charge in [-0.05, 0) is 42.2 Å². The summed E-state index contributed by atoms with van der Waals surface area (Å²) < 4.78 is 1.68. The zero-order chi connectivity index (χ0) is 22.5. The zero-order valence-corrected chi connectivity index (χ0v) is 18.3. The van der Waals surface area contributed by atoms with Crippen LogP contribution >= 0.6 is 0 Å². The van der Waals surface area contributed by atoms with Gasteiger partial charge in [0.1, 0.15) is 0 Å². The van der Waals surface area contributed by atoms with Crippen LogP contribution in [0.15, 0.2) is 91.3 Å². The Bertz CT molecular complexity index is 1120. The molecule has 0 saturated carbocycles. The van der Waals surface area contributed by atoms with Crippen molar-refractivity contribution in [3.8, 4) is 5.82 Å². The lowest BCUT2D eigenvalue weighted by atomic mass is 9.94. The van der Waals surface area contributed by atoms with Crippen molar-refractivity contribution in [3.63, 3.8) is 0 Å². The third kappa shape index (κ3) is 4.77. The van der Waals surface area contributed by atoms with Gasteiger partial charge in [-0.2, -0.15) is 5.10 Å². The number of hydrogen-bond donors (Lipinski definition) is 1. The molecule has 1 unspecified atom stereocenters. The predicted octanol–water partition coefficient (Wildman–Crippen LogP) is 3.78. The highest BCUT2D eigenvalue weighted by molar-refractivity contribution is 5.80. The topological polar surface area (TPSA) is 75.9 Å². The monoisotopic (exact) mass is 438 g/mol. The maximum atomic E-state index is 13.4. The average Bonchev–Trinajstić information content (AvgIpc) is 3.43. The largest absolute Gasteiger partial charge is 0.354 e. The highest BCUT2D eigenvalue weighted by Gasteiger charge is 2.29. The molecule has 0 aliphatic carbocycles. The van der Waals surface area contributed by atoms with E-state index in [1.807, 2.05) is 60.8 Å². The minimum atomic E-state index is -0.177. The van der Waals surface area contributed by atoms with Crippen molar-refractivity contribution in [2.24, 2.45) is 5.92 Å². The highest BCUT2D eigenvalue weighted by atomic mass is 16.2. The van der Waals surface area contributed by atoms with Crippen LogP contribution in [-0.2, 0) is 4.79 Å². The molecule has 5 rings (SSSR count). The minimum Gasteiger partial charge on any atom is -0.354 e. The Balaban J connectivity index is 1.30. The Morgan fingerprint density at radius 2 is 1.55 bits per heavy atom. The van der Waals surface area contributed by atoms with Crippen LogP contribution in [0.25, 0.3) is 5.82 Å². The first-order valence-electron chi connectivity index (χ1n) is 11.3. The zero-order valence-electron chi connectivity index (χ0n) is 18.3. The summed E-state index contributed by atoms with van der Waals surface area (Å²) in [5, 5.41) is 16.2. The number of piperidine rings is 1. The molecule has 1 aliphatic rings. The van der Waals surface area contributed by atoms with E-state index in [2.05, 4.69) is 49.8 Å². The molecule has 0 bridgehead atoms. The van der Waals surface area contributed by atoms with Gasteiger partial charge in [0.25, 0.3) is 0 Å². The fraction of sp³-hybridized carbons (Fsp3) is 0.231. The Morgan fingerprint density at radius 1 is 0.879 bits per heavy atom. The first kappa shape index (κ1) is 20.9. The highest BCUT2D eigenvalue weighted by Crippen LogP contribution is 2.25. The summed E-state index contributed by atoms with van der Waals surface area (Å²) in [6, 6.07) is 25.8. The summed E-state index contributed by atoms with van der Waals surface area (Å²) >= 11 is 0. The van der Waals surface area contributed by atoms with E-state index in [9.17, 15) is 4.79 Å². The minimum absolute atomic E-state index is 0.0681. The van der Waals surface area contributed by atoms with Crippen LogP contribution in [0.4, 0.5) is 5.82 Å². The molecule has 3 heterocycles. The van der Waals surface area contributed by atoms with Gasteiger partial charge in [-0.25, -0.2) is 4.68 Å². The van der Waals surface area contributed by atoms with Crippen molar-refractivity contribution >= 4 is 11.7 Å². The van der Waals surface area contributed by atoms with E-state index >= 15 is 0 Å². The number of benzene rings is 2. The normalized spacial score (nSPS) is 16.0. The van der Waals surface area contributed by atoms with Crippen molar-refractivity contribution in [1.82, 2.24) is 25.3 Å². The number of nitrogens with zero attached hydrogens (tertiary/aromatic N) is 5. The molecule has 1 amide bonds. The van der Waals surface area contributed by atoms with Crippen LogP contribution < -0.4 is 10.2 Å². The van der Waals surface area contributed by atoms with Crippen LogP contribution in [0.1, 0.15) is 30.0 Å². The van der Waals surface area contributed by atoms with Gasteiger partial charge in [0.2, 0.25) is 5.91 Å². The van der Waals surface area contributed by atoms with E-state index in [-0.39, 0.29) is 17.9 Å². The van der Waals surface area contributed by atoms with Crippen molar-refractivity contribution in [2.45, 2.75) is 18.9 Å². The van der Waals surface area contributed by atoms with Crippen molar-refractivity contribution in [3.05, 3.63) is 102 Å². The SMILES string of the molecule is O=C(NC(c1ccccc1)c1ccccc1)C1CCCN(c2ccc(-n3cccn3)nn2)C1. The fourth-order valence-electron chi connectivity index (χ4n) is 4.32. The van der Waals surface area contributed by atoms with Gasteiger partial charge in [0.15, 0.2) is 11.6 Å². The molecular formula is C26H26N6O. The van der Waals surface area contributed by atoms with E-state index < -0.39 is 0 Å². The first-order chi connectivity index (χ1) is 16.3. The molecule has 7 heteroatoms. The molecule has 0 spiro atoms. The molecule has 1 atom stereocenters. The van der Waals surface area contributed by atoms with Gasteiger partial charge in [-0.1, -0.05) is 60.7 Å². The Morgan fingerprint density at radius 3 is 2.15 bits per heavy atom. The molecule has 1 saturated heterocycles. The van der Waals surface area contributed by atoms with E-state index in [4.69, 9.17) is 0 Å². The van der Waals surface area contributed by atoms with Crippen LogP contribution in [0, 0.1) is 5.92 Å². The summed E-state index contributed by atoms with van der Waals surface area (Å²) in [4.78, 5) is 15.5. The van der Waals surface area contributed by atoms with Gasteiger partial charge in [0, 0.05) is 25.5 Å². The molecule has 1 aliphatic heterocycles. The van der Waals surface area contributed by atoms with Crippen molar-refractivity contribution in [1.29, 1.82) is 0 Å². The number of carbonyl (C=O) groups excluding carboxylic acids is 1. The number of amides is 1. The summed E-state index contributed by atoms with van der Waals surface area (Å²) in [5.41, 5.74) is 2.15. The lowest BCUT2D eigenvalue weighted by molar-refractivity contribution is -0.125. The van der Waals surface area contributed by atoms with Gasteiger partial charge in [-0.3, -0.25) is 4.79 Å². The second kappa shape index (κ2) is 9.65. The molecule has 2 aromatic heterocycles. The van der Waals surface area contributed by atoms with E-state index in [1.54, 1.807) is 10.9 Å². The second-order valence-electron chi connectivity index (χ2n) is 8.25. The van der Waals surface area contributed by atoms with Gasteiger partial charge < -0.3 is 10.2 Å². The summed E-state index contributed by atoms with van der Waals surface area (Å²) in [6.45, 7) is 1.48. The van der Waals surface area contributed by atoms with Crippen molar-refractivity contribution in [2.75, 3.05) is 18.0 Å². The Hall–Kier alpha value is -4.00. The van der Waals surface area contributed by atoms with Crippen LogP contribution in [0.5, 0.6) is 0 Å². The molecule has 4 aromatic rings. The van der Waals surface area contributed by atoms with Gasteiger partial charge >= 0.3 is 0 Å². The molecule has 1 fully saturated rings. The van der Waals surface area contributed by atoms with Crippen molar-refractivity contribution < 1.29 is 4.79 Å². The number of anilines is 1. The van der Waals surface area contributed by atoms with Gasteiger partial charge in [0.05, 0.1) is 12.0 Å². The van der Waals surface area contributed by atoms with Gasteiger partial charge in [-0.15, -0.1) is 10.2 Å². The molecule has 166 valence electrons. The summed E-state index contributed by atoms with van der Waals surface area (Å²) in [5.74, 6) is 1.41. The van der Waals surface area contributed by atoms with Crippen LogP contribution in [0.3, 0.4) is 0 Å². The van der Waals surface area contributed by atoms with Crippen LogP contribution in [-0.4, -0.2) is 39.0 Å². The molecule has 2 aromatic carbocycles. The first-order valence-corrected chi connectivity index (χ1v) is 11.3. The van der Waals surface area contributed by atoms with E-state index in [0.29, 0.717) is 12.4 Å². The predicted molar refractivity (Wildman–Crippen MR) is 127 cm³/mol. The maximum Gasteiger partial charge on any atom is 0.225 e. The third-order valence-corrected chi connectivity index (χ3v) is 6.04. The molecule has 0 radical (unpaired) electrons. The van der Waals surface area contributed by atoms with E-state index in [1.165, 1.54) is 0 Å². The Labute approximate surface area is 193 Å².